The maximum absolute atomic E-state index is 5.93. The normalized spacial score (nSPS) is 26.3. The molecule has 1 N–H and O–H groups in total. The number of rotatable bonds is 6. The summed E-state index contributed by atoms with van der Waals surface area (Å²) in [5.74, 6) is 2.35. The van der Waals surface area contributed by atoms with E-state index < -0.39 is 0 Å². The van der Waals surface area contributed by atoms with Gasteiger partial charge >= 0.3 is 0 Å². The second-order valence-electron chi connectivity index (χ2n) is 7.57. The summed E-state index contributed by atoms with van der Waals surface area (Å²) in [4.78, 5) is 11.1. The van der Waals surface area contributed by atoms with Gasteiger partial charge in [-0.25, -0.2) is 4.98 Å². The van der Waals surface area contributed by atoms with Crippen molar-refractivity contribution in [2.24, 2.45) is 10.9 Å². The molecular formula is C20H30N4O3. The third-order valence-corrected chi connectivity index (χ3v) is 5.40. The maximum atomic E-state index is 5.93. The molecule has 0 aromatic carbocycles. The molecule has 4 rings (SSSR count). The molecule has 2 saturated heterocycles. The zero-order valence-electron chi connectivity index (χ0n) is 16.1. The fourth-order valence-electron chi connectivity index (χ4n) is 3.59. The molecule has 1 aliphatic carbocycles. The average molecular weight is 374 g/mol. The first kappa shape index (κ1) is 18.5. The van der Waals surface area contributed by atoms with E-state index in [1.54, 1.807) is 0 Å². The predicted molar refractivity (Wildman–Crippen MR) is 103 cm³/mol. The smallest absolute Gasteiger partial charge is 0.213 e. The van der Waals surface area contributed by atoms with Crippen molar-refractivity contribution < 1.29 is 14.2 Å². The van der Waals surface area contributed by atoms with Crippen molar-refractivity contribution in [1.29, 1.82) is 0 Å². The van der Waals surface area contributed by atoms with E-state index in [1.165, 1.54) is 12.8 Å². The van der Waals surface area contributed by atoms with E-state index in [2.05, 4.69) is 26.3 Å². The minimum Gasteiger partial charge on any atom is -0.477 e. The third kappa shape index (κ3) is 5.11. The van der Waals surface area contributed by atoms with Gasteiger partial charge in [-0.3, -0.25) is 4.99 Å². The highest BCUT2D eigenvalue weighted by Gasteiger charge is 2.32. The molecule has 0 amide bonds. The zero-order chi connectivity index (χ0) is 18.5. The molecule has 7 nitrogen and oxygen atoms in total. The van der Waals surface area contributed by atoms with Gasteiger partial charge in [0.1, 0.15) is 6.10 Å². The molecule has 2 unspecified atom stereocenters. The number of nitrogens with zero attached hydrogens (tertiary/aromatic N) is 3. The van der Waals surface area contributed by atoms with Gasteiger partial charge in [0.25, 0.3) is 0 Å². The number of hydrogen-bond acceptors (Lipinski definition) is 5. The highest BCUT2D eigenvalue weighted by atomic mass is 16.5. The Kier molecular flexibility index (Phi) is 6.09. The molecule has 0 bridgehead atoms. The van der Waals surface area contributed by atoms with Gasteiger partial charge in [0, 0.05) is 45.6 Å². The Morgan fingerprint density at radius 3 is 2.85 bits per heavy atom. The number of aromatic nitrogens is 1. The first-order chi connectivity index (χ1) is 13.3. The van der Waals surface area contributed by atoms with Crippen LogP contribution in [-0.4, -0.2) is 68.0 Å². The SMILES string of the molecule is CN=C(NCc1ccc(OCC2CC2)nc1)N1CCOC(C2CCCO2)C1. The molecule has 0 radical (unpaired) electrons. The Labute approximate surface area is 161 Å². The summed E-state index contributed by atoms with van der Waals surface area (Å²) in [6, 6.07) is 4.01. The Balaban J connectivity index is 1.26. The minimum absolute atomic E-state index is 0.129. The lowest BCUT2D eigenvalue weighted by Gasteiger charge is -2.37. The second-order valence-corrected chi connectivity index (χ2v) is 7.57. The summed E-state index contributed by atoms with van der Waals surface area (Å²) in [5.41, 5.74) is 1.11. The maximum Gasteiger partial charge on any atom is 0.213 e. The average Bonchev–Trinajstić information content (AvgIpc) is 3.38. The largest absolute Gasteiger partial charge is 0.477 e. The van der Waals surface area contributed by atoms with Crippen LogP contribution in [0.1, 0.15) is 31.2 Å². The summed E-state index contributed by atoms with van der Waals surface area (Å²) < 4.78 is 17.4. The minimum atomic E-state index is 0.129. The highest BCUT2D eigenvalue weighted by molar-refractivity contribution is 5.80. The van der Waals surface area contributed by atoms with Gasteiger partial charge in [-0.05, 0) is 37.2 Å². The predicted octanol–water partition coefficient (Wildman–Crippen LogP) is 1.83. The molecule has 148 valence electrons. The molecule has 27 heavy (non-hydrogen) atoms. The van der Waals surface area contributed by atoms with Gasteiger partial charge in [0.05, 0.1) is 19.3 Å². The summed E-state index contributed by atoms with van der Waals surface area (Å²) in [5, 5.41) is 3.44. The van der Waals surface area contributed by atoms with Gasteiger partial charge in [-0.1, -0.05) is 6.07 Å². The summed E-state index contributed by atoms with van der Waals surface area (Å²) in [6.07, 6.45) is 7.02. The van der Waals surface area contributed by atoms with Crippen LogP contribution in [0.3, 0.4) is 0 Å². The highest BCUT2D eigenvalue weighted by Crippen LogP contribution is 2.29. The van der Waals surface area contributed by atoms with Crippen LogP contribution in [-0.2, 0) is 16.0 Å². The molecule has 2 aliphatic heterocycles. The van der Waals surface area contributed by atoms with Crippen molar-refractivity contribution in [2.75, 3.05) is 40.0 Å². The number of ether oxygens (including phenoxy) is 3. The van der Waals surface area contributed by atoms with E-state index in [9.17, 15) is 0 Å². The molecule has 0 spiro atoms. The Morgan fingerprint density at radius 2 is 2.15 bits per heavy atom. The van der Waals surface area contributed by atoms with Crippen molar-refractivity contribution in [3.05, 3.63) is 23.9 Å². The number of guanidine groups is 1. The van der Waals surface area contributed by atoms with Gasteiger partial charge < -0.3 is 24.4 Å². The Morgan fingerprint density at radius 1 is 1.26 bits per heavy atom. The van der Waals surface area contributed by atoms with E-state index in [0.29, 0.717) is 19.0 Å². The molecule has 1 aromatic heterocycles. The lowest BCUT2D eigenvalue weighted by Crippen LogP contribution is -2.53. The number of pyridine rings is 1. The van der Waals surface area contributed by atoms with Gasteiger partial charge in [-0.15, -0.1) is 0 Å². The molecule has 3 fully saturated rings. The van der Waals surface area contributed by atoms with E-state index in [-0.39, 0.29) is 12.2 Å². The number of aliphatic imine (C=N–C) groups is 1. The number of nitrogens with one attached hydrogen (secondary N) is 1. The van der Waals surface area contributed by atoms with Crippen LogP contribution < -0.4 is 10.1 Å². The van der Waals surface area contributed by atoms with Crippen molar-refractivity contribution in [3.63, 3.8) is 0 Å². The van der Waals surface area contributed by atoms with Crippen LogP contribution in [0.5, 0.6) is 5.88 Å². The first-order valence-corrected chi connectivity index (χ1v) is 10.1. The van der Waals surface area contributed by atoms with E-state index in [1.807, 2.05) is 19.3 Å². The van der Waals surface area contributed by atoms with E-state index >= 15 is 0 Å². The quantitative estimate of drug-likeness (QED) is 0.605. The number of morpholine rings is 1. The van der Waals surface area contributed by atoms with Crippen molar-refractivity contribution in [2.45, 2.75) is 44.4 Å². The van der Waals surface area contributed by atoms with Crippen LogP contribution in [0, 0.1) is 5.92 Å². The van der Waals surface area contributed by atoms with Gasteiger partial charge in [0.15, 0.2) is 5.96 Å². The Bertz CT molecular complexity index is 627. The molecule has 2 atom stereocenters. The lowest BCUT2D eigenvalue weighted by atomic mass is 10.1. The molecular weight excluding hydrogens is 344 g/mol. The first-order valence-electron chi connectivity index (χ1n) is 10.1. The summed E-state index contributed by atoms with van der Waals surface area (Å²) in [7, 11) is 1.83. The van der Waals surface area contributed by atoms with Crippen molar-refractivity contribution >= 4 is 5.96 Å². The van der Waals surface area contributed by atoms with E-state index in [0.717, 1.165) is 56.6 Å². The van der Waals surface area contributed by atoms with Crippen LogP contribution in [0.4, 0.5) is 0 Å². The monoisotopic (exact) mass is 374 g/mol. The molecule has 1 saturated carbocycles. The van der Waals surface area contributed by atoms with Crippen LogP contribution in [0.25, 0.3) is 0 Å². The molecule has 1 aromatic rings. The second kappa shape index (κ2) is 8.89. The molecule has 3 heterocycles. The fraction of sp³-hybridized carbons (Fsp3) is 0.700. The van der Waals surface area contributed by atoms with Crippen molar-refractivity contribution in [3.8, 4) is 5.88 Å². The van der Waals surface area contributed by atoms with E-state index in [4.69, 9.17) is 14.2 Å². The van der Waals surface area contributed by atoms with Gasteiger partial charge in [0.2, 0.25) is 5.88 Å². The van der Waals surface area contributed by atoms with Crippen LogP contribution in [0.2, 0.25) is 0 Å². The third-order valence-electron chi connectivity index (χ3n) is 5.40. The lowest BCUT2D eigenvalue weighted by molar-refractivity contribution is -0.0817. The standard InChI is InChI=1S/C20H30N4O3/c1-21-20(24-8-10-26-18(13-24)17-3-2-9-25-17)23-12-16-6-7-19(22-11-16)27-14-15-4-5-15/h6-7,11,15,17-18H,2-5,8-10,12-14H2,1H3,(H,21,23). The van der Waals surface area contributed by atoms with Crippen LogP contribution >= 0.6 is 0 Å². The summed E-state index contributed by atoms with van der Waals surface area (Å²) in [6.45, 7) is 4.70. The topological polar surface area (TPSA) is 68.2 Å². The summed E-state index contributed by atoms with van der Waals surface area (Å²) >= 11 is 0. The van der Waals surface area contributed by atoms with Gasteiger partial charge in [-0.2, -0.15) is 0 Å². The zero-order valence-corrected chi connectivity index (χ0v) is 16.1. The fourth-order valence-corrected chi connectivity index (χ4v) is 3.59. The van der Waals surface area contributed by atoms with Crippen LogP contribution in [0.15, 0.2) is 23.3 Å². The molecule has 3 aliphatic rings. The number of hydrogen-bond donors (Lipinski definition) is 1. The molecule has 7 heteroatoms. The Hall–Kier alpha value is -1.86. The van der Waals surface area contributed by atoms with Crippen molar-refractivity contribution in [1.82, 2.24) is 15.2 Å².